The first-order valence-corrected chi connectivity index (χ1v) is 9.91. The molecule has 2 aromatic rings. The Morgan fingerprint density at radius 1 is 1.10 bits per heavy atom. The molecule has 8 heteroatoms. The predicted molar refractivity (Wildman–Crippen MR) is 113 cm³/mol. The number of esters is 1. The zero-order valence-corrected chi connectivity index (χ0v) is 17.7. The lowest BCUT2D eigenvalue weighted by atomic mass is 10.1. The van der Waals surface area contributed by atoms with Crippen molar-refractivity contribution in [3.63, 3.8) is 0 Å². The monoisotopic (exact) mass is 427 g/mol. The lowest BCUT2D eigenvalue weighted by molar-refractivity contribution is -0.143. The van der Waals surface area contributed by atoms with Crippen LogP contribution in [0.2, 0.25) is 0 Å². The molecule has 2 amide bonds. The number of ether oxygens (including phenoxy) is 3. The molecule has 0 spiro atoms. The molecular formula is C22H21NO6S. The zero-order valence-electron chi connectivity index (χ0n) is 16.8. The fraction of sp³-hybridized carbons (Fsp3) is 0.227. The third kappa shape index (κ3) is 5.01. The number of imide groups is 1. The number of rotatable bonds is 7. The van der Waals surface area contributed by atoms with Crippen LogP contribution in [0.1, 0.15) is 16.7 Å². The van der Waals surface area contributed by atoms with Crippen molar-refractivity contribution in [2.75, 3.05) is 20.8 Å². The minimum Gasteiger partial charge on any atom is -0.493 e. The number of carbonyl (C=O) groups excluding carboxylic acids is 3. The summed E-state index contributed by atoms with van der Waals surface area (Å²) in [5.74, 6) is -0.121. The van der Waals surface area contributed by atoms with Gasteiger partial charge in [0.2, 0.25) is 0 Å². The van der Waals surface area contributed by atoms with Gasteiger partial charge in [0.1, 0.15) is 13.2 Å². The molecule has 3 rings (SSSR count). The molecule has 0 bridgehead atoms. The molecular weight excluding hydrogens is 406 g/mol. The average Bonchev–Trinajstić information content (AvgIpc) is 2.99. The zero-order chi connectivity index (χ0) is 21.7. The van der Waals surface area contributed by atoms with Crippen LogP contribution in [-0.4, -0.2) is 42.8 Å². The van der Waals surface area contributed by atoms with Gasteiger partial charge in [-0.25, -0.2) is 0 Å². The van der Waals surface area contributed by atoms with E-state index in [-0.39, 0.29) is 4.91 Å². The molecule has 2 aromatic carbocycles. The van der Waals surface area contributed by atoms with E-state index in [1.807, 2.05) is 31.2 Å². The third-order valence-electron chi connectivity index (χ3n) is 4.35. The summed E-state index contributed by atoms with van der Waals surface area (Å²) >= 11 is 0.774. The largest absolute Gasteiger partial charge is 0.493 e. The molecule has 30 heavy (non-hydrogen) atoms. The number of nitrogens with zero attached hydrogens (tertiary/aromatic N) is 1. The average molecular weight is 427 g/mol. The van der Waals surface area contributed by atoms with Crippen molar-refractivity contribution in [2.45, 2.75) is 13.5 Å². The number of benzene rings is 2. The molecule has 1 aliphatic rings. The maximum Gasteiger partial charge on any atom is 0.325 e. The Morgan fingerprint density at radius 2 is 1.90 bits per heavy atom. The molecule has 0 atom stereocenters. The molecule has 0 aromatic heterocycles. The highest BCUT2D eigenvalue weighted by Crippen LogP contribution is 2.34. The molecule has 0 saturated carbocycles. The Bertz CT molecular complexity index is 1020. The number of methoxy groups -OCH3 is 2. The second kappa shape index (κ2) is 9.49. The van der Waals surface area contributed by atoms with Crippen molar-refractivity contribution >= 4 is 35.0 Å². The second-order valence-electron chi connectivity index (χ2n) is 6.53. The maximum absolute atomic E-state index is 12.4. The Hall–Kier alpha value is -3.26. The molecule has 7 nitrogen and oxygen atoms in total. The molecule has 1 heterocycles. The summed E-state index contributed by atoms with van der Waals surface area (Å²) in [5.41, 5.74) is 2.86. The number of amides is 2. The highest BCUT2D eigenvalue weighted by molar-refractivity contribution is 8.18. The van der Waals surface area contributed by atoms with Crippen molar-refractivity contribution in [1.82, 2.24) is 4.90 Å². The fourth-order valence-electron chi connectivity index (χ4n) is 2.84. The van der Waals surface area contributed by atoms with E-state index < -0.39 is 23.7 Å². The van der Waals surface area contributed by atoms with E-state index >= 15 is 0 Å². The van der Waals surface area contributed by atoms with E-state index in [0.717, 1.165) is 27.8 Å². The fourth-order valence-corrected chi connectivity index (χ4v) is 3.68. The standard InChI is InChI=1S/C22H21NO6S/c1-14-5-4-6-16(9-14)13-29-17-8-7-15(10-18(17)27-2)11-19-21(25)23(22(26)30-19)12-20(24)28-3/h4-11H,12-13H2,1-3H3/b19-11-. The summed E-state index contributed by atoms with van der Waals surface area (Å²) in [6.07, 6.45) is 1.58. The first-order chi connectivity index (χ1) is 14.4. The lowest BCUT2D eigenvalue weighted by Gasteiger charge is -2.12. The van der Waals surface area contributed by atoms with Crippen molar-refractivity contribution in [2.24, 2.45) is 0 Å². The van der Waals surface area contributed by atoms with Gasteiger partial charge in [-0.15, -0.1) is 0 Å². The number of hydrogen-bond acceptors (Lipinski definition) is 7. The van der Waals surface area contributed by atoms with Crippen LogP contribution in [0.5, 0.6) is 11.5 Å². The highest BCUT2D eigenvalue weighted by atomic mass is 32.2. The molecule has 0 radical (unpaired) electrons. The Balaban J connectivity index is 1.75. The summed E-state index contributed by atoms with van der Waals surface area (Å²) in [4.78, 5) is 36.9. The van der Waals surface area contributed by atoms with E-state index in [4.69, 9.17) is 9.47 Å². The van der Waals surface area contributed by atoms with E-state index in [0.29, 0.717) is 23.7 Å². The number of hydrogen-bond donors (Lipinski definition) is 0. The SMILES string of the molecule is COC(=O)CN1C(=O)S/C(=C\c2ccc(OCc3cccc(C)c3)c(OC)c2)C1=O. The molecule has 1 saturated heterocycles. The van der Waals surface area contributed by atoms with Gasteiger partial charge in [0, 0.05) is 0 Å². The first kappa shape index (κ1) is 21.4. The van der Waals surface area contributed by atoms with Crippen LogP contribution < -0.4 is 9.47 Å². The van der Waals surface area contributed by atoms with Gasteiger partial charge in [-0.05, 0) is 48.0 Å². The van der Waals surface area contributed by atoms with E-state index in [1.165, 1.54) is 14.2 Å². The van der Waals surface area contributed by atoms with Crippen molar-refractivity contribution < 1.29 is 28.6 Å². The van der Waals surface area contributed by atoms with Gasteiger partial charge in [-0.3, -0.25) is 19.3 Å². The van der Waals surface area contributed by atoms with Crippen molar-refractivity contribution in [3.8, 4) is 11.5 Å². The predicted octanol–water partition coefficient (Wildman–Crippen LogP) is 3.79. The summed E-state index contributed by atoms with van der Waals surface area (Å²) in [6, 6.07) is 13.3. The summed E-state index contributed by atoms with van der Waals surface area (Å²) < 4.78 is 15.8. The minimum atomic E-state index is -0.657. The first-order valence-electron chi connectivity index (χ1n) is 9.10. The maximum atomic E-state index is 12.4. The van der Waals surface area contributed by atoms with E-state index in [2.05, 4.69) is 4.74 Å². The normalized spacial score (nSPS) is 14.9. The van der Waals surface area contributed by atoms with E-state index in [9.17, 15) is 14.4 Å². The minimum absolute atomic E-state index is 0.222. The van der Waals surface area contributed by atoms with Crippen LogP contribution in [0.15, 0.2) is 47.4 Å². The van der Waals surface area contributed by atoms with Gasteiger partial charge < -0.3 is 14.2 Å². The van der Waals surface area contributed by atoms with E-state index in [1.54, 1.807) is 24.3 Å². The number of carbonyl (C=O) groups is 3. The Labute approximate surface area is 178 Å². The van der Waals surface area contributed by atoms with Crippen LogP contribution in [-0.2, 0) is 20.9 Å². The van der Waals surface area contributed by atoms with Crippen LogP contribution in [0.4, 0.5) is 4.79 Å². The van der Waals surface area contributed by atoms with Gasteiger partial charge in [0.15, 0.2) is 11.5 Å². The van der Waals surface area contributed by atoms with Gasteiger partial charge in [0.25, 0.3) is 11.1 Å². The molecule has 0 unspecified atom stereocenters. The topological polar surface area (TPSA) is 82.1 Å². The molecule has 0 N–H and O–H groups in total. The molecule has 0 aliphatic carbocycles. The summed E-state index contributed by atoms with van der Waals surface area (Å²) in [5, 5.41) is -0.512. The van der Waals surface area contributed by atoms with Crippen molar-refractivity contribution in [1.29, 1.82) is 0 Å². The molecule has 156 valence electrons. The second-order valence-corrected chi connectivity index (χ2v) is 7.53. The van der Waals surface area contributed by atoms with Gasteiger partial charge in [-0.2, -0.15) is 0 Å². The quantitative estimate of drug-likeness (QED) is 0.491. The highest BCUT2D eigenvalue weighted by Gasteiger charge is 2.36. The molecule has 1 aliphatic heterocycles. The van der Waals surface area contributed by atoms with Gasteiger partial charge in [-0.1, -0.05) is 35.9 Å². The number of thioether (sulfide) groups is 1. The summed E-state index contributed by atoms with van der Waals surface area (Å²) in [6.45, 7) is 2.00. The van der Waals surface area contributed by atoms with Crippen LogP contribution >= 0.6 is 11.8 Å². The van der Waals surface area contributed by atoms with Crippen LogP contribution in [0.3, 0.4) is 0 Å². The third-order valence-corrected chi connectivity index (χ3v) is 5.26. The Morgan fingerprint density at radius 3 is 2.60 bits per heavy atom. The summed E-state index contributed by atoms with van der Waals surface area (Å²) in [7, 11) is 2.73. The van der Waals surface area contributed by atoms with Gasteiger partial charge in [0.05, 0.1) is 19.1 Å². The van der Waals surface area contributed by atoms with Crippen molar-refractivity contribution in [3.05, 3.63) is 64.1 Å². The lowest BCUT2D eigenvalue weighted by Crippen LogP contribution is -2.34. The Kier molecular flexibility index (Phi) is 6.79. The number of aryl methyl sites for hydroxylation is 1. The van der Waals surface area contributed by atoms with Crippen LogP contribution in [0, 0.1) is 6.92 Å². The van der Waals surface area contributed by atoms with Gasteiger partial charge >= 0.3 is 5.97 Å². The molecule has 1 fully saturated rings. The smallest absolute Gasteiger partial charge is 0.325 e. The van der Waals surface area contributed by atoms with Crippen LogP contribution in [0.25, 0.3) is 6.08 Å².